The van der Waals surface area contributed by atoms with E-state index in [4.69, 9.17) is 9.47 Å². The summed E-state index contributed by atoms with van der Waals surface area (Å²) in [4.78, 5) is 11.7. The van der Waals surface area contributed by atoms with Crippen LogP contribution in [-0.2, 0) is 17.8 Å². The maximum Gasteiger partial charge on any atom is 0.321 e. The highest BCUT2D eigenvalue weighted by atomic mass is 16.5. The van der Waals surface area contributed by atoms with Crippen molar-refractivity contribution in [3.8, 4) is 11.5 Å². The molecule has 0 bridgehead atoms. The van der Waals surface area contributed by atoms with E-state index in [1.165, 1.54) is 0 Å². The monoisotopic (exact) mass is 399 g/mol. The number of benzene rings is 2. The predicted octanol–water partition coefficient (Wildman–Crippen LogP) is 4.83. The molecular weight excluding hydrogens is 366 g/mol. The summed E-state index contributed by atoms with van der Waals surface area (Å²) in [5.41, 5.74) is 1.44. The molecule has 29 heavy (non-hydrogen) atoms. The van der Waals surface area contributed by atoms with Crippen molar-refractivity contribution in [2.45, 2.75) is 71.8 Å². The van der Waals surface area contributed by atoms with E-state index in [0.717, 1.165) is 22.6 Å². The zero-order valence-electron chi connectivity index (χ0n) is 18.3. The number of nitrogens with one attached hydrogen (secondary N) is 1. The fraction of sp³-hybridized carbons (Fsp3) is 0.458. The smallest absolute Gasteiger partial charge is 0.321 e. The van der Waals surface area contributed by atoms with E-state index in [2.05, 4.69) is 5.32 Å². The van der Waals surface area contributed by atoms with Gasteiger partial charge in [-0.2, -0.15) is 0 Å². The molecular formula is C24H33NO4. The van der Waals surface area contributed by atoms with Crippen LogP contribution in [0.1, 0.15) is 52.7 Å². The minimum Gasteiger partial charge on any atom is -0.488 e. The zero-order chi connectivity index (χ0) is 21.7. The highest BCUT2D eigenvalue weighted by Gasteiger charge is 2.18. The summed E-state index contributed by atoms with van der Waals surface area (Å²) in [7, 11) is 0. The van der Waals surface area contributed by atoms with Gasteiger partial charge in [-0.1, -0.05) is 24.3 Å². The van der Waals surface area contributed by atoms with Gasteiger partial charge < -0.3 is 19.9 Å². The minimum absolute atomic E-state index is 0.248. The third-order valence-electron chi connectivity index (χ3n) is 3.99. The molecule has 2 N–H and O–H groups in total. The van der Waals surface area contributed by atoms with Gasteiger partial charge in [0.2, 0.25) is 0 Å². The molecule has 0 heterocycles. The van der Waals surface area contributed by atoms with Crippen LogP contribution in [0.3, 0.4) is 0 Å². The largest absolute Gasteiger partial charge is 0.488 e. The van der Waals surface area contributed by atoms with Gasteiger partial charge in [0, 0.05) is 6.54 Å². The molecule has 1 unspecified atom stereocenters. The molecule has 0 aliphatic rings. The van der Waals surface area contributed by atoms with Crippen LogP contribution in [0.25, 0.3) is 0 Å². The van der Waals surface area contributed by atoms with Crippen molar-refractivity contribution >= 4 is 5.97 Å². The molecule has 158 valence electrons. The molecule has 0 aliphatic carbocycles. The van der Waals surface area contributed by atoms with Crippen LogP contribution in [0.2, 0.25) is 0 Å². The molecule has 2 rings (SSSR count). The predicted molar refractivity (Wildman–Crippen MR) is 116 cm³/mol. The summed E-state index contributed by atoms with van der Waals surface area (Å²) >= 11 is 0. The quantitative estimate of drug-likeness (QED) is 0.666. The molecule has 0 aromatic heterocycles. The maximum absolute atomic E-state index is 11.7. The summed E-state index contributed by atoms with van der Waals surface area (Å²) in [5.74, 6) is 0.708. The van der Waals surface area contributed by atoms with Crippen molar-refractivity contribution in [3.05, 3.63) is 59.7 Å². The number of aliphatic carboxylic acids is 1. The van der Waals surface area contributed by atoms with Gasteiger partial charge in [-0.25, -0.2) is 0 Å². The van der Waals surface area contributed by atoms with Crippen LogP contribution in [0.15, 0.2) is 48.5 Å². The van der Waals surface area contributed by atoms with Crippen molar-refractivity contribution in [1.82, 2.24) is 5.32 Å². The lowest BCUT2D eigenvalue weighted by Gasteiger charge is -2.22. The van der Waals surface area contributed by atoms with Gasteiger partial charge in [-0.05, 0) is 83.4 Å². The van der Waals surface area contributed by atoms with E-state index in [9.17, 15) is 9.90 Å². The highest BCUT2D eigenvalue weighted by Crippen LogP contribution is 2.20. The van der Waals surface area contributed by atoms with E-state index in [0.29, 0.717) is 13.0 Å². The number of hydrogen-bond donors (Lipinski definition) is 2. The van der Waals surface area contributed by atoms with Gasteiger partial charge in [0.1, 0.15) is 28.7 Å². The topological polar surface area (TPSA) is 67.8 Å². The van der Waals surface area contributed by atoms with Gasteiger partial charge in [-0.3, -0.25) is 4.79 Å². The van der Waals surface area contributed by atoms with Crippen LogP contribution in [0.4, 0.5) is 0 Å². The van der Waals surface area contributed by atoms with Crippen LogP contribution in [0.5, 0.6) is 11.5 Å². The normalized spacial score (nSPS) is 13.0. The van der Waals surface area contributed by atoms with Crippen LogP contribution in [-0.4, -0.2) is 28.3 Å². The van der Waals surface area contributed by atoms with Crippen molar-refractivity contribution < 1.29 is 19.4 Å². The minimum atomic E-state index is -0.868. The van der Waals surface area contributed by atoms with Crippen LogP contribution < -0.4 is 14.8 Å². The number of rotatable bonds is 8. The lowest BCUT2D eigenvalue weighted by molar-refractivity contribution is -0.139. The fourth-order valence-electron chi connectivity index (χ4n) is 2.80. The molecule has 0 aliphatic heterocycles. The number of ether oxygens (including phenoxy) is 2. The molecule has 0 radical (unpaired) electrons. The standard InChI is InChI=1S/C24H33NO4/c1-23(2,3)28-19-11-7-17(8-12-19)15-21(22(26)27)25-16-18-9-13-20(14-10-18)29-24(4,5)6/h7-14,21,25H,15-16H2,1-6H3,(H,26,27). The second-order valence-electron chi connectivity index (χ2n) is 9.19. The molecule has 2 aromatic rings. The van der Waals surface area contributed by atoms with Gasteiger partial charge in [-0.15, -0.1) is 0 Å². The highest BCUT2D eigenvalue weighted by molar-refractivity contribution is 5.73. The first-order valence-corrected chi connectivity index (χ1v) is 9.93. The third-order valence-corrected chi connectivity index (χ3v) is 3.99. The number of carbonyl (C=O) groups is 1. The van der Waals surface area contributed by atoms with Crippen LogP contribution in [0, 0.1) is 0 Å². The van der Waals surface area contributed by atoms with E-state index < -0.39 is 12.0 Å². The number of hydrogen-bond acceptors (Lipinski definition) is 4. The van der Waals surface area contributed by atoms with Crippen LogP contribution >= 0.6 is 0 Å². The molecule has 0 fully saturated rings. The van der Waals surface area contributed by atoms with Crippen molar-refractivity contribution in [3.63, 3.8) is 0 Å². The summed E-state index contributed by atoms with van der Waals surface area (Å²) in [6.45, 7) is 12.5. The molecule has 0 spiro atoms. The average molecular weight is 400 g/mol. The molecule has 5 heteroatoms. The molecule has 1 atom stereocenters. The van der Waals surface area contributed by atoms with E-state index >= 15 is 0 Å². The van der Waals surface area contributed by atoms with Gasteiger partial charge in [0.05, 0.1) is 0 Å². The van der Waals surface area contributed by atoms with E-state index in [1.54, 1.807) is 0 Å². The fourth-order valence-corrected chi connectivity index (χ4v) is 2.80. The summed E-state index contributed by atoms with van der Waals surface area (Å²) in [6.07, 6.45) is 0.399. The Morgan fingerprint density at radius 1 is 0.828 bits per heavy atom. The van der Waals surface area contributed by atoms with E-state index in [-0.39, 0.29) is 11.2 Å². The van der Waals surface area contributed by atoms with Gasteiger partial charge in [0.15, 0.2) is 0 Å². The maximum atomic E-state index is 11.7. The first kappa shape index (κ1) is 22.8. The number of carboxylic acids is 1. The summed E-state index contributed by atoms with van der Waals surface area (Å²) < 4.78 is 11.6. The number of carboxylic acid groups (broad SMARTS) is 1. The first-order valence-electron chi connectivity index (χ1n) is 9.93. The van der Waals surface area contributed by atoms with Crippen molar-refractivity contribution in [2.75, 3.05) is 0 Å². The lowest BCUT2D eigenvalue weighted by atomic mass is 10.1. The van der Waals surface area contributed by atoms with Gasteiger partial charge >= 0.3 is 5.97 Å². The Morgan fingerprint density at radius 2 is 1.24 bits per heavy atom. The van der Waals surface area contributed by atoms with Crippen molar-refractivity contribution in [1.29, 1.82) is 0 Å². The van der Waals surface area contributed by atoms with Crippen molar-refractivity contribution in [2.24, 2.45) is 0 Å². The Morgan fingerprint density at radius 3 is 1.62 bits per heavy atom. The van der Waals surface area contributed by atoms with Gasteiger partial charge in [0.25, 0.3) is 0 Å². The molecule has 0 saturated carbocycles. The Labute approximate surface area is 174 Å². The second kappa shape index (κ2) is 9.31. The molecule has 0 amide bonds. The lowest BCUT2D eigenvalue weighted by Crippen LogP contribution is -2.38. The second-order valence-corrected chi connectivity index (χ2v) is 9.19. The Kier molecular flexibility index (Phi) is 7.31. The molecule has 0 saturated heterocycles. The SMILES string of the molecule is CC(C)(C)Oc1ccc(CNC(Cc2ccc(OC(C)(C)C)cc2)C(=O)O)cc1. The molecule has 5 nitrogen and oxygen atoms in total. The van der Waals surface area contributed by atoms with E-state index in [1.807, 2.05) is 90.1 Å². The Bertz CT molecular complexity index is 784. The summed E-state index contributed by atoms with van der Waals surface area (Å²) in [6, 6.07) is 14.6. The third kappa shape index (κ3) is 8.57. The Balaban J connectivity index is 1.94. The Hall–Kier alpha value is -2.53. The first-order chi connectivity index (χ1) is 13.4. The summed E-state index contributed by atoms with van der Waals surface area (Å²) in [5, 5.41) is 12.7. The average Bonchev–Trinajstić information content (AvgIpc) is 2.58. The molecule has 2 aromatic carbocycles. The zero-order valence-corrected chi connectivity index (χ0v) is 18.3.